The van der Waals surface area contributed by atoms with Gasteiger partial charge in [-0.05, 0) is 59.2 Å². The highest BCUT2D eigenvalue weighted by Gasteiger charge is 2.34. The molecule has 0 bridgehead atoms. The molecule has 0 heterocycles. The number of amides is 1. The van der Waals surface area contributed by atoms with Crippen molar-refractivity contribution < 1.29 is 4.79 Å². The lowest BCUT2D eigenvalue weighted by Gasteiger charge is -2.31. The van der Waals surface area contributed by atoms with Crippen LogP contribution in [-0.4, -0.2) is 5.91 Å². The first-order valence-electron chi connectivity index (χ1n) is 5.97. The van der Waals surface area contributed by atoms with Crippen molar-refractivity contribution in [2.45, 2.75) is 34.1 Å². The summed E-state index contributed by atoms with van der Waals surface area (Å²) < 4.78 is 1.17. The van der Waals surface area contributed by atoms with Gasteiger partial charge in [0.1, 0.15) is 0 Å². The van der Waals surface area contributed by atoms with E-state index in [0.29, 0.717) is 5.92 Å². The molecule has 1 N–H and O–H groups in total. The van der Waals surface area contributed by atoms with Gasteiger partial charge in [-0.25, -0.2) is 0 Å². The van der Waals surface area contributed by atoms with Crippen LogP contribution in [0.25, 0.3) is 0 Å². The SMILES string of the molecule is CCC(C)(C(=O)Nc1ccc(I)cc1)C(C)C. The van der Waals surface area contributed by atoms with Gasteiger partial charge in [-0.2, -0.15) is 0 Å². The maximum atomic E-state index is 12.3. The molecule has 0 saturated heterocycles. The number of nitrogens with one attached hydrogen (secondary N) is 1. The number of hydrogen-bond donors (Lipinski definition) is 1. The molecule has 0 saturated carbocycles. The number of benzene rings is 1. The minimum Gasteiger partial charge on any atom is -0.326 e. The van der Waals surface area contributed by atoms with E-state index in [0.717, 1.165) is 12.1 Å². The molecule has 0 aliphatic heterocycles. The minimum atomic E-state index is -0.303. The van der Waals surface area contributed by atoms with Gasteiger partial charge in [-0.15, -0.1) is 0 Å². The zero-order valence-corrected chi connectivity index (χ0v) is 13.0. The lowest BCUT2D eigenvalue weighted by molar-refractivity contribution is -0.127. The van der Waals surface area contributed by atoms with E-state index in [1.54, 1.807) is 0 Å². The van der Waals surface area contributed by atoms with E-state index < -0.39 is 0 Å². The zero-order valence-electron chi connectivity index (χ0n) is 10.9. The molecule has 0 aliphatic rings. The quantitative estimate of drug-likeness (QED) is 0.810. The van der Waals surface area contributed by atoms with Crippen molar-refractivity contribution in [1.29, 1.82) is 0 Å². The van der Waals surface area contributed by atoms with Crippen LogP contribution in [0.2, 0.25) is 0 Å². The summed E-state index contributed by atoms with van der Waals surface area (Å²) in [5.74, 6) is 0.438. The van der Waals surface area contributed by atoms with Gasteiger partial charge in [0.2, 0.25) is 5.91 Å². The Morgan fingerprint density at radius 2 is 1.88 bits per heavy atom. The Kier molecular flexibility index (Phi) is 4.98. The van der Waals surface area contributed by atoms with Gasteiger partial charge in [0.15, 0.2) is 0 Å². The van der Waals surface area contributed by atoms with Crippen molar-refractivity contribution in [3.05, 3.63) is 27.8 Å². The number of anilines is 1. The van der Waals surface area contributed by atoms with Gasteiger partial charge in [0.05, 0.1) is 0 Å². The Labute approximate surface area is 117 Å². The molecule has 2 nitrogen and oxygen atoms in total. The molecule has 3 heteroatoms. The monoisotopic (exact) mass is 345 g/mol. The van der Waals surface area contributed by atoms with Crippen molar-refractivity contribution in [3.8, 4) is 0 Å². The fourth-order valence-electron chi connectivity index (χ4n) is 1.64. The third-order valence-corrected chi connectivity index (χ3v) is 4.35. The highest BCUT2D eigenvalue weighted by molar-refractivity contribution is 14.1. The average molecular weight is 345 g/mol. The van der Waals surface area contributed by atoms with E-state index >= 15 is 0 Å². The van der Waals surface area contributed by atoms with E-state index in [1.807, 2.05) is 31.2 Å². The Hall–Kier alpha value is -0.580. The zero-order chi connectivity index (χ0) is 13.1. The predicted octanol–water partition coefficient (Wildman–Crippen LogP) is 4.30. The molecule has 0 spiro atoms. The number of hydrogen-bond acceptors (Lipinski definition) is 1. The van der Waals surface area contributed by atoms with Gasteiger partial charge in [-0.1, -0.05) is 27.7 Å². The molecular formula is C14H20INO. The molecule has 0 aliphatic carbocycles. The first-order chi connectivity index (χ1) is 7.90. The molecule has 0 fully saturated rings. The van der Waals surface area contributed by atoms with E-state index in [4.69, 9.17) is 0 Å². The van der Waals surface area contributed by atoms with E-state index in [2.05, 4.69) is 48.7 Å². The van der Waals surface area contributed by atoms with Crippen LogP contribution in [0.4, 0.5) is 5.69 Å². The standard InChI is InChI=1S/C14H20INO/c1-5-14(4,10(2)3)13(17)16-12-8-6-11(15)7-9-12/h6-10H,5H2,1-4H3,(H,16,17). The van der Waals surface area contributed by atoms with Crippen LogP contribution in [-0.2, 0) is 4.79 Å². The lowest BCUT2D eigenvalue weighted by atomic mass is 9.76. The fourth-order valence-corrected chi connectivity index (χ4v) is 2.00. The van der Waals surface area contributed by atoms with Crippen LogP contribution in [0.15, 0.2) is 24.3 Å². The van der Waals surface area contributed by atoms with Crippen LogP contribution in [0.5, 0.6) is 0 Å². The molecule has 0 aromatic heterocycles. The molecule has 1 aromatic carbocycles. The predicted molar refractivity (Wildman–Crippen MR) is 81.0 cm³/mol. The summed E-state index contributed by atoms with van der Waals surface area (Å²) in [4.78, 5) is 12.3. The third kappa shape index (κ3) is 3.44. The minimum absolute atomic E-state index is 0.108. The van der Waals surface area contributed by atoms with Crippen LogP contribution < -0.4 is 5.32 Å². The summed E-state index contributed by atoms with van der Waals surface area (Å²) in [7, 11) is 0. The second-order valence-corrected chi connectivity index (χ2v) is 6.13. The first kappa shape index (κ1) is 14.5. The van der Waals surface area contributed by atoms with Crippen molar-refractivity contribution in [2.75, 3.05) is 5.32 Å². The maximum absolute atomic E-state index is 12.3. The lowest BCUT2D eigenvalue weighted by Crippen LogP contribution is -2.37. The van der Waals surface area contributed by atoms with Crippen molar-refractivity contribution in [1.82, 2.24) is 0 Å². The third-order valence-electron chi connectivity index (χ3n) is 3.63. The summed E-state index contributed by atoms with van der Waals surface area (Å²) >= 11 is 2.25. The fraction of sp³-hybridized carbons (Fsp3) is 0.500. The maximum Gasteiger partial charge on any atom is 0.230 e. The van der Waals surface area contributed by atoms with Gasteiger partial charge < -0.3 is 5.32 Å². The highest BCUT2D eigenvalue weighted by Crippen LogP contribution is 2.32. The van der Waals surface area contributed by atoms with Crippen molar-refractivity contribution in [3.63, 3.8) is 0 Å². The number of carbonyl (C=O) groups excluding carboxylic acids is 1. The Morgan fingerprint density at radius 3 is 2.29 bits per heavy atom. The smallest absolute Gasteiger partial charge is 0.230 e. The number of carbonyl (C=O) groups is 1. The Bertz CT molecular complexity index is 386. The Morgan fingerprint density at radius 1 is 1.35 bits per heavy atom. The summed E-state index contributed by atoms with van der Waals surface area (Å²) in [6.45, 7) is 8.28. The van der Waals surface area contributed by atoms with Crippen molar-refractivity contribution >= 4 is 34.2 Å². The van der Waals surface area contributed by atoms with Gasteiger partial charge in [-0.3, -0.25) is 4.79 Å². The highest BCUT2D eigenvalue weighted by atomic mass is 127. The normalized spacial score (nSPS) is 14.5. The van der Waals surface area contributed by atoms with Crippen LogP contribution >= 0.6 is 22.6 Å². The van der Waals surface area contributed by atoms with E-state index in [1.165, 1.54) is 3.57 Å². The molecular weight excluding hydrogens is 325 g/mol. The summed E-state index contributed by atoms with van der Waals surface area (Å²) in [5.41, 5.74) is 0.568. The van der Waals surface area contributed by atoms with Gasteiger partial charge >= 0.3 is 0 Å². The molecule has 0 radical (unpaired) electrons. The van der Waals surface area contributed by atoms with E-state index in [9.17, 15) is 4.79 Å². The second-order valence-electron chi connectivity index (χ2n) is 4.89. The topological polar surface area (TPSA) is 29.1 Å². The molecule has 17 heavy (non-hydrogen) atoms. The first-order valence-corrected chi connectivity index (χ1v) is 7.05. The molecule has 1 rings (SSSR count). The summed E-state index contributed by atoms with van der Waals surface area (Å²) in [6.07, 6.45) is 0.848. The molecule has 1 aromatic rings. The molecule has 1 unspecified atom stereocenters. The Balaban J connectivity index is 2.81. The van der Waals surface area contributed by atoms with Gasteiger partial charge in [0, 0.05) is 14.7 Å². The largest absolute Gasteiger partial charge is 0.326 e. The molecule has 1 amide bonds. The van der Waals surface area contributed by atoms with E-state index in [-0.39, 0.29) is 11.3 Å². The van der Waals surface area contributed by atoms with Crippen LogP contribution in [0.3, 0.4) is 0 Å². The molecule has 94 valence electrons. The van der Waals surface area contributed by atoms with Gasteiger partial charge in [0.25, 0.3) is 0 Å². The van der Waals surface area contributed by atoms with Crippen molar-refractivity contribution in [2.24, 2.45) is 11.3 Å². The summed E-state index contributed by atoms with van der Waals surface area (Å²) in [6, 6.07) is 7.87. The van der Waals surface area contributed by atoms with Crippen LogP contribution in [0.1, 0.15) is 34.1 Å². The number of rotatable bonds is 4. The number of halogens is 1. The average Bonchev–Trinajstić information content (AvgIpc) is 2.30. The van der Waals surface area contributed by atoms with Crippen LogP contribution in [0, 0.1) is 14.9 Å². The second kappa shape index (κ2) is 5.85. The summed E-state index contributed by atoms with van der Waals surface area (Å²) in [5, 5.41) is 3.00. The molecule has 1 atom stereocenters.